The van der Waals surface area contributed by atoms with E-state index in [0.717, 1.165) is 18.4 Å². The number of halogens is 1. The summed E-state index contributed by atoms with van der Waals surface area (Å²) in [6.07, 6.45) is 5.36. The van der Waals surface area contributed by atoms with Crippen molar-refractivity contribution < 1.29 is 4.74 Å². The molecule has 2 heterocycles. The fraction of sp³-hybridized carbons (Fsp3) is 1.00. The molecule has 0 saturated carbocycles. The number of thioether (sulfide) groups is 1. The molecule has 2 saturated heterocycles. The van der Waals surface area contributed by atoms with E-state index in [9.17, 15) is 0 Å². The van der Waals surface area contributed by atoms with Crippen molar-refractivity contribution in [2.75, 3.05) is 18.9 Å². The average molecular weight is 266 g/mol. The highest BCUT2D eigenvalue weighted by molar-refractivity contribution is 7.99. The van der Waals surface area contributed by atoms with Gasteiger partial charge < -0.3 is 4.74 Å². The maximum Gasteiger partial charge on any atom is 0.117 e. The molecule has 1 N–H and O–H groups in total. The van der Waals surface area contributed by atoms with Gasteiger partial charge in [-0.3, -0.25) is 5.32 Å². The summed E-state index contributed by atoms with van der Waals surface area (Å²) in [7, 11) is 0. The predicted octanol–water partition coefficient (Wildman–Crippen LogP) is 3.06. The molecule has 2 rings (SSSR count). The van der Waals surface area contributed by atoms with Crippen molar-refractivity contribution in [1.82, 2.24) is 5.32 Å². The summed E-state index contributed by atoms with van der Waals surface area (Å²) in [6.45, 7) is 6.48. The number of rotatable bonds is 2. The SMILES string of the molecule is CC1CNC(C)(CC2CCCCS2)OC1.Cl. The second-order valence-electron chi connectivity index (χ2n) is 5.22. The fourth-order valence-corrected chi connectivity index (χ4v) is 3.83. The molecule has 3 unspecified atom stereocenters. The first-order valence-corrected chi connectivity index (χ1v) is 7.23. The van der Waals surface area contributed by atoms with E-state index in [4.69, 9.17) is 4.74 Å². The second-order valence-corrected chi connectivity index (χ2v) is 6.63. The first-order valence-electron chi connectivity index (χ1n) is 6.18. The van der Waals surface area contributed by atoms with Gasteiger partial charge in [-0.2, -0.15) is 11.8 Å². The summed E-state index contributed by atoms with van der Waals surface area (Å²) < 4.78 is 5.96. The maximum absolute atomic E-state index is 5.96. The number of hydrogen-bond acceptors (Lipinski definition) is 3. The van der Waals surface area contributed by atoms with Gasteiger partial charge in [0.1, 0.15) is 5.72 Å². The molecular weight excluding hydrogens is 242 g/mol. The number of hydrogen-bond donors (Lipinski definition) is 1. The average Bonchev–Trinajstić information content (AvgIpc) is 2.24. The Kier molecular flexibility index (Phi) is 5.92. The Hall–Kier alpha value is 0.560. The third kappa shape index (κ3) is 4.10. The van der Waals surface area contributed by atoms with Gasteiger partial charge in [-0.15, -0.1) is 12.4 Å². The van der Waals surface area contributed by atoms with Gasteiger partial charge in [-0.1, -0.05) is 13.3 Å². The van der Waals surface area contributed by atoms with Crippen LogP contribution in [0, 0.1) is 5.92 Å². The van der Waals surface area contributed by atoms with Crippen LogP contribution in [0.4, 0.5) is 0 Å². The monoisotopic (exact) mass is 265 g/mol. The molecule has 2 aliphatic rings. The molecule has 2 aliphatic heterocycles. The van der Waals surface area contributed by atoms with Crippen molar-refractivity contribution in [3.63, 3.8) is 0 Å². The van der Waals surface area contributed by atoms with E-state index >= 15 is 0 Å². The Balaban J connectivity index is 0.00000128. The lowest BCUT2D eigenvalue weighted by molar-refractivity contribution is -0.105. The van der Waals surface area contributed by atoms with Crippen LogP contribution in [-0.2, 0) is 4.74 Å². The number of nitrogens with one attached hydrogen (secondary N) is 1. The summed E-state index contributed by atoms with van der Waals surface area (Å²) in [6, 6.07) is 0. The topological polar surface area (TPSA) is 21.3 Å². The Bertz CT molecular complexity index is 201. The van der Waals surface area contributed by atoms with E-state index in [2.05, 4.69) is 30.9 Å². The van der Waals surface area contributed by atoms with E-state index in [1.807, 2.05) is 0 Å². The predicted molar refractivity (Wildman–Crippen MR) is 73.5 cm³/mol. The van der Waals surface area contributed by atoms with E-state index in [1.54, 1.807) is 0 Å². The highest BCUT2D eigenvalue weighted by Crippen LogP contribution is 2.32. The molecule has 0 bridgehead atoms. The Morgan fingerprint density at radius 1 is 1.44 bits per heavy atom. The lowest BCUT2D eigenvalue weighted by Crippen LogP contribution is -2.53. The Morgan fingerprint density at radius 3 is 2.81 bits per heavy atom. The van der Waals surface area contributed by atoms with Crippen molar-refractivity contribution >= 4 is 24.2 Å². The molecule has 96 valence electrons. The Labute approximate surface area is 110 Å². The van der Waals surface area contributed by atoms with Gasteiger partial charge in [0.05, 0.1) is 6.61 Å². The summed E-state index contributed by atoms with van der Waals surface area (Å²) in [5, 5.41) is 4.37. The third-order valence-electron chi connectivity index (χ3n) is 3.40. The zero-order valence-electron chi connectivity index (χ0n) is 10.3. The smallest absolute Gasteiger partial charge is 0.117 e. The summed E-state index contributed by atoms with van der Waals surface area (Å²) in [5.41, 5.74) is -0.0541. The van der Waals surface area contributed by atoms with E-state index in [-0.39, 0.29) is 18.1 Å². The minimum atomic E-state index is -0.0541. The maximum atomic E-state index is 5.96. The molecule has 4 heteroatoms. The molecule has 0 aromatic heterocycles. The normalized spacial score (nSPS) is 40.1. The van der Waals surface area contributed by atoms with Crippen LogP contribution in [-0.4, -0.2) is 29.9 Å². The van der Waals surface area contributed by atoms with E-state index < -0.39 is 0 Å². The first-order chi connectivity index (χ1) is 7.18. The zero-order valence-corrected chi connectivity index (χ0v) is 12.0. The van der Waals surface area contributed by atoms with Gasteiger partial charge in [-0.05, 0) is 31.4 Å². The van der Waals surface area contributed by atoms with Gasteiger partial charge in [0, 0.05) is 18.2 Å². The highest BCUT2D eigenvalue weighted by atomic mass is 35.5. The van der Waals surface area contributed by atoms with Crippen LogP contribution in [0.3, 0.4) is 0 Å². The lowest BCUT2D eigenvalue weighted by Gasteiger charge is -2.40. The molecule has 0 aromatic rings. The number of ether oxygens (including phenoxy) is 1. The zero-order chi connectivity index (χ0) is 10.7. The molecule has 2 nitrogen and oxygen atoms in total. The van der Waals surface area contributed by atoms with Gasteiger partial charge in [0.2, 0.25) is 0 Å². The van der Waals surface area contributed by atoms with Crippen LogP contribution < -0.4 is 5.32 Å². The van der Waals surface area contributed by atoms with Gasteiger partial charge in [-0.25, -0.2) is 0 Å². The molecule has 16 heavy (non-hydrogen) atoms. The van der Waals surface area contributed by atoms with Crippen molar-refractivity contribution in [1.29, 1.82) is 0 Å². The van der Waals surface area contributed by atoms with Gasteiger partial charge in [0.15, 0.2) is 0 Å². The summed E-state index contributed by atoms with van der Waals surface area (Å²) in [5.74, 6) is 2.01. The van der Waals surface area contributed by atoms with Crippen LogP contribution >= 0.6 is 24.2 Å². The summed E-state index contributed by atoms with van der Waals surface area (Å²) >= 11 is 2.14. The van der Waals surface area contributed by atoms with Gasteiger partial charge in [0.25, 0.3) is 0 Å². The molecule has 0 amide bonds. The minimum Gasteiger partial charge on any atom is -0.361 e. The van der Waals surface area contributed by atoms with Crippen LogP contribution in [0.2, 0.25) is 0 Å². The van der Waals surface area contributed by atoms with Crippen LogP contribution in [0.1, 0.15) is 39.5 Å². The van der Waals surface area contributed by atoms with Crippen molar-refractivity contribution in [2.24, 2.45) is 5.92 Å². The molecular formula is C12H24ClNOS. The Morgan fingerprint density at radius 2 is 2.25 bits per heavy atom. The molecule has 0 aromatic carbocycles. The molecule has 3 atom stereocenters. The lowest BCUT2D eigenvalue weighted by atomic mass is 10.0. The minimum absolute atomic E-state index is 0. The first kappa shape index (κ1) is 14.6. The highest BCUT2D eigenvalue weighted by Gasteiger charge is 2.33. The van der Waals surface area contributed by atoms with E-state index in [1.165, 1.54) is 31.4 Å². The van der Waals surface area contributed by atoms with E-state index in [0.29, 0.717) is 5.92 Å². The third-order valence-corrected chi connectivity index (χ3v) is 4.80. The van der Waals surface area contributed by atoms with Crippen LogP contribution in [0.5, 0.6) is 0 Å². The van der Waals surface area contributed by atoms with Crippen molar-refractivity contribution in [3.05, 3.63) is 0 Å². The molecule has 0 aliphatic carbocycles. The quantitative estimate of drug-likeness (QED) is 0.829. The molecule has 2 fully saturated rings. The second kappa shape index (κ2) is 6.48. The van der Waals surface area contributed by atoms with Crippen molar-refractivity contribution in [3.8, 4) is 0 Å². The fourth-order valence-electron chi connectivity index (χ4n) is 2.36. The summed E-state index contributed by atoms with van der Waals surface area (Å²) in [4.78, 5) is 0. The largest absolute Gasteiger partial charge is 0.361 e. The van der Waals surface area contributed by atoms with Crippen LogP contribution in [0.25, 0.3) is 0 Å². The van der Waals surface area contributed by atoms with Crippen molar-refractivity contribution in [2.45, 2.75) is 50.5 Å². The molecule has 0 spiro atoms. The van der Waals surface area contributed by atoms with Crippen LogP contribution in [0.15, 0.2) is 0 Å². The molecule has 0 radical (unpaired) electrons. The standard InChI is InChI=1S/C12H23NOS.ClH/c1-10-8-13-12(2,14-9-10)7-11-5-3-4-6-15-11;/h10-11,13H,3-9H2,1-2H3;1H. The van der Waals surface area contributed by atoms with Gasteiger partial charge >= 0.3 is 0 Å².